The Morgan fingerprint density at radius 2 is 2.00 bits per heavy atom. The fraction of sp³-hybridized carbons (Fsp3) is 0.688. The van der Waals surface area contributed by atoms with Gasteiger partial charge in [0.25, 0.3) is 10.0 Å². The second-order valence-electron chi connectivity index (χ2n) is 6.17. The zero-order valence-electron chi connectivity index (χ0n) is 15.3. The van der Waals surface area contributed by atoms with Crippen molar-refractivity contribution in [3.05, 3.63) is 17.0 Å². The van der Waals surface area contributed by atoms with E-state index >= 15 is 0 Å². The third-order valence-corrected chi connectivity index (χ3v) is 6.71. The summed E-state index contributed by atoms with van der Waals surface area (Å²) in [5, 5.41) is 6.53. The van der Waals surface area contributed by atoms with Gasteiger partial charge in [-0.25, -0.2) is 17.7 Å². The van der Waals surface area contributed by atoms with Crippen molar-refractivity contribution in [3.8, 4) is 0 Å². The lowest BCUT2D eigenvalue weighted by molar-refractivity contribution is 0.523. The first kappa shape index (κ1) is 20.9. The number of hydrogen-bond acceptors (Lipinski definition) is 4. The van der Waals surface area contributed by atoms with Gasteiger partial charge in [-0.1, -0.05) is 13.8 Å². The summed E-state index contributed by atoms with van der Waals surface area (Å²) in [5.41, 5.74) is 0. The van der Waals surface area contributed by atoms with Crippen LogP contribution >= 0.6 is 11.3 Å². The molecule has 0 atom stereocenters. The Kier molecular flexibility index (Phi) is 8.72. The van der Waals surface area contributed by atoms with Crippen molar-refractivity contribution >= 4 is 27.3 Å². The molecule has 0 spiro atoms. The minimum absolute atomic E-state index is 0.354. The van der Waals surface area contributed by atoms with Gasteiger partial charge in [-0.2, -0.15) is 0 Å². The highest BCUT2D eigenvalue weighted by atomic mass is 32.2. The van der Waals surface area contributed by atoms with Gasteiger partial charge in [0.05, 0.1) is 6.54 Å². The average Bonchev–Trinajstić information content (AvgIpc) is 2.98. The summed E-state index contributed by atoms with van der Waals surface area (Å²) in [6, 6.07) is 3.47. The van der Waals surface area contributed by atoms with E-state index in [1.165, 1.54) is 36.2 Å². The minimum Gasteiger partial charge on any atom is -0.357 e. The Bertz CT molecular complexity index is 622. The molecule has 0 saturated carbocycles. The lowest BCUT2D eigenvalue weighted by atomic mass is 10.1. The lowest BCUT2D eigenvalue weighted by Crippen LogP contribution is -2.37. The van der Waals surface area contributed by atoms with Gasteiger partial charge in [0.2, 0.25) is 0 Å². The number of thiophene rings is 1. The minimum atomic E-state index is -3.36. The molecule has 0 radical (unpaired) electrons. The van der Waals surface area contributed by atoms with Crippen LogP contribution in [-0.2, 0) is 16.6 Å². The SMILES string of the molecule is CCNC(=NCc1ccc(S(=O)(=O)N(C)C)s1)NCCCC(C)C. The third-order valence-electron chi connectivity index (χ3n) is 3.36. The van der Waals surface area contributed by atoms with E-state index in [1.54, 1.807) is 6.07 Å². The number of hydrogen-bond donors (Lipinski definition) is 2. The normalized spacial score (nSPS) is 12.9. The van der Waals surface area contributed by atoms with Crippen LogP contribution in [0.15, 0.2) is 21.3 Å². The molecule has 0 bridgehead atoms. The number of nitrogens with one attached hydrogen (secondary N) is 2. The molecule has 1 rings (SSSR count). The highest BCUT2D eigenvalue weighted by molar-refractivity contribution is 7.91. The number of aliphatic imine (C=N–C) groups is 1. The van der Waals surface area contributed by atoms with Crippen LogP contribution in [0.1, 0.15) is 38.5 Å². The topological polar surface area (TPSA) is 73.8 Å². The van der Waals surface area contributed by atoms with Crippen molar-refractivity contribution < 1.29 is 8.42 Å². The van der Waals surface area contributed by atoms with Gasteiger partial charge >= 0.3 is 0 Å². The van der Waals surface area contributed by atoms with Crippen molar-refractivity contribution in [3.63, 3.8) is 0 Å². The first-order valence-electron chi connectivity index (χ1n) is 8.30. The maximum absolute atomic E-state index is 12.1. The number of nitrogens with zero attached hydrogens (tertiary/aromatic N) is 2. The zero-order valence-corrected chi connectivity index (χ0v) is 16.9. The fourth-order valence-electron chi connectivity index (χ4n) is 1.98. The molecule has 0 saturated heterocycles. The molecule has 0 unspecified atom stereocenters. The molecule has 0 aliphatic rings. The molecule has 1 aromatic rings. The van der Waals surface area contributed by atoms with Gasteiger partial charge in [0, 0.05) is 32.1 Å². The smallest absolute Gasteiger partial charge is 0.252 e. The van der Waals surface area contributed by atoms with Crippen molar-refractivity contribution in [1.82, 2.24) is 14.9 Å². The number of sulfonamides is 1. The summed E-state index contributed by atoms with van der Waals surface area (Å²) in [6.45, 7) is 8.60. The van der Waals surface area contributed by atoms with Crippen molar-refractivity contribution in [1.29, 1.82) is 0 Å². The Morgan fingerprint density at radius 3 is 2.58 bits per heavy atom. The van der Waals surface area contributed by atoms with Crippen molar-refractivity contribution in [2.24, 2.45) is 10.9 Å². The average molecular weight is 375 g/mol. The molecular weight excluding hydrogens is 344 g/mol. The predicted molar refractivity (Wildman–Crippen MR) is 102 cm³/mol. The van der Waals surface area contributed by atoms with Gasteiger partial charge in [-0.15, -0.1) is 11.3 Å². The van der Waals surface area contributed by atoms with Crippen LogP contribution in [-0.4, -0.2) is 45.9 Å². The zero-order chi connectivity index (χ0) is 18.2. The molecule has 0 aliphatic carbocycles. The van der Waals surface area contributed by atoms with Crippen LogP contribution in [0.3, 0.4) is 0 Å². The summed E-state index contributed by atoms with van der Waals surface area (Å²) in [7, 11) is -0.281. The van der Waals surface area contributed by atoms with E-state index in [4.69, 9.17) is 0 Å². The van der Waals surface area contributed by atoms with Crippen LogP contribution in [0.4, 0.5) is 0 Å². The summed E-state index contributed by atoms with van der Waals surface area (Å²) in [5.74, 6) is 1.47. The monoisotopic (exact) mass is 374 g/mol. The quantitative estimate of drug-likeness (QED) is 0.396. The van der Waals surface area contributed by atoms with E-state index in [0.717, 1.165) is 30.3 Å². The molecule has 2 N–H and O–H groups in total. The Hall–Kier alpha value is -1.12. The van der Waals surface area contributed by atoms with Crippen molar-refractivity contribution in [2.75, 3.05) is 27.2 Å². The van der Waals surface area contributed by atoms with Crippen LogP contribution in [0.5, 0.6) is 0 Å². The molecule has 24 heavy (non-hydrogen) atoms. The molecule has 138 valence electrons. The molecule has 0 aromatic carbocycles. The highest BCUT2D eigenvalue weighted by Gasteiger charge is 2.19. The van der Waals surface area contributed by atoms with E-state index in [0.29, 0.717) is 16.7 Å². The highest BCUT2D eigenvalue weighted by Crippen LogP contribution is 2.24. The largest absolute Gasteiger partial charge is 0.357 e. The van der Waals surface area contributed by atoms with Crippen molar-refractivity contribution in [2.45, 2.75) is 44.4 Å². The standard InChI is InChI=1S/C16H30N4O2S2/c1-6-17-16(18-11-7-8-13(2)3)19-12-14-9-10-15(23-14)24(21,22)20(4)5/h9-10,13H,6-8,11-12H2,1-5H3,(H2,17,18,19). The Balaban J connectivity index is 2.65. The van der Waals surface area contributed by atoms with E-state index in [-0.39, 0.29) is 0 Å². The van der Waals surface area contributed by atoms with Crippen LogP contribution < -0.4 is 10.6 Å². The predicted octanol–water partition coefficient (Wildman–Crippen LogP) is 2.49. The first-order valence-corrected chi connectivity index (χ1v) is 10.6. The van der Waals surface area contributed by atoms with Gasteiger partial charge in [0.15, 0.2) is 5.96 Å². The molecule has 0 fully saturated rings. The van der Waals surface area contributed by atoms with E-state index in [2.05, 4.69) is 29.5 Å². The maximum atomic E-state index is 12.1. The molecule has 0 aliphatic heterocycles. The Morgan fingerprint density at radius 1 is 1.29 bits per heavy atom. The molecule has 8 heteroatoms. The fourth-order valence-corrected chi connectivity index (χ4v) is 4.43. The van der Waals surface area contributed by atoms with E-state index < -0.39 is 10.0 Å². The molecule has 1 heterocycles. The number of guanidine groups is 1. The van der Waals surface area contributed by atoms with Gasteiger partial charge in [-0.3, -0.25) is 0 Å². The third kappa shape index (κ3) is 6.78. The lowest BCUT2D eigenvalue weighted by Gasteiger charge is -2.11. The molecule has 0 amide bonds. The van der Waals surface area contributed by atoms with E-state index in [9.17, 15) is 8.42 Å². The van der Waals surface area contributed by atoms with Gasteiger partial charge < -0.3 is 10.6 Å². The van der Waals surface area contributed by atoms with Crippen LogP contribution in [0.25, 0.3) is 0 Å². The van der Waals surface area contributed by atoms with Gasteiger partial charge in [0.1, 0.15) is 4.21 Å². The first-order chi connectivity index (χ1) is 11.3. The second kappa shape index (κ2) is 10.0. The number of rotatable bonds is 9. The van der Waals surface area contributed by atoms with Gasteiger partial charge in [-0.05, 0) is 37.8 Å². The summed E-state index contributed by atoms with van der Waals surface area (Å²) < 4.78 is 25.8. The van der Waals surface area contributed by atoms with E-state index in [1.807, 2.05) is 13.0 Å². The van der Waals surface area contributed by atoms with Crippen LogP contribution in [0.2, 0.25) is 0 Å². The molecule has 1 aromatic heterocycles. The summed E-state index contributed by atoms with van der Waals surface area (Å²) in [4.78, 5) is 5.46. The van der Waals surface area contributed by atoms with Crippen LogP contribution in [0, 0.1) is 5.92 Å². The molecule has 6 nitrogen and oxygen atoms in total. The maximum Gasteiger partial charge on any atom is 0.252 e. The second-order valence-corrected chi connectivity index (χ2v) is 9.71. The Labute approximate surface area is 150 Å². The summed E-state index contributed by atoms with van der Waals surface area (Å²) >= 11 is 1.27. The molecular formula is C16H30N4O2S2. The summed E-state index contributed by atoms with van der Waals surface area (Å²) in [6.07, 6.45) is 2.29.